The molecule has 1 amide bonds. The maximum absolute atomic E-state index is 11.8. The van der Waals surface area contributed by atoms with Crippen LogP contribution in [-0.4, -0.2) is 23.6 Å². The minimum Gasteiger partial charge on any atom is -0.364 e. The van der Waals surface area contributed by atoms with E-state index in [2.05, 4.69) is 35.0 Å². The predicted octanol–water partition coefficient (Wildman–Crippen LogP) is 1.89. The fourth-order valence-electron chi connectivity index (χ4n) is 3.13. The van der Waals surface area contributed by atoms with Crippen LogP contribution in [0.15, 0.2) is 18.2 Å². The molecule has 3 N–H and O–H groups in total. The molecular weight excluding hydrogens is 238 g/mol. The number of hydrogen-bond acceptors (Lipinski definition) is 2. The van der Waals surface area contributed by atoms with Gasteiger partial charge in [0.2, 0.25) is 0 Å². The van der Waals surface area contributed by atoms with Crippen LogP contribution in [0.3, 0.4) is 0 Å². The molecule has 2 heterocycles. The lowest BCUT2D eigenvalue weighted by Gasteiger charge is -2.16. The first-order valence-corrected chi connectivity index (χ1v) is 6.71. The zero-order chi connectivity index (χ0) is 13.6. The van der Waals surface area contributed by atoms with Gasteiger partial charge in [0.15, 0.2) is 0 Å². The number of rotatable bonds is 2. The Kier molecular flexibility index (Phi) is 2.82. The number of carbonyl (C=O) groups excluding carboxylic acids is 1. The number of amides is 1. The number of aryl methyl sites for hydroxylation is 2. The third-order valence-electron chi connectivity index (χ3n) is 4.04. The molecule has 1 aliphatic heterocycles. The number of nitrogens with one attached hydrogen (secondary N) is 1. The van der Waals surface area contributed by atoms with Crippen LogP contribution in [0.5, 0.6) is 0 Å². The second-order valence-corrected chi connectivity index (χ2v) is 5.38. The van der Waals surface area contributed by atoms with Crippen LogP contribution in [-0.2, 0) is 0 Å². The van der Waals surface area contributed by atoms with E-state index in [1.165, 1.54) is 5.56 Å². The highest BCUT2D eigenvalue weighted by atomic mass is 16.1. The van der Waals surface area contributed by atoms with Crippen LogP contribution in [0.1, 0.15) is 34.1 Å². The van der Waals surface area contributed by atoms with Gasteiger partial charge in [-0.05, 0) is 44.5 Å². The molecule has 100 valence electrons. The predicted molar refractivity (Wildman–Crippen MR) is 76.5 cm³/mol. The average Bonchev–Trinajstić information content (AvgIpc) is 2.96. The minimum atomic E-state index is -0.335. The van der Waals surface area contributed by atoms with Gasteiger partial charge >= 0.3 is 0 Å². The maximum atomic E-state index is 11.8. The van der Waals surface area contributed by atoms with Crippen molar-refractivity contribution in [3.63, 3.8) is 0 Å². The molecule has 1 saturated heterocycles. The Bertz CT molecular complexity index is 651. The molecule has 1 aromatic carbocycles. The maximum Gasteiger partial charge on any atom is 0.265 e. The second kappa shape index (κ2) is 4.38. The lowest BCUT2D eigenvalue weighted by atomic mass is 10.1. The van der Waals surface area contributed by atoms with Crippen molar-refractivity contribution < 1.29 is 4.79 Å². The van der Waals surface area contributed by atoms with E-state index in [0.29, 0.717) is 11.7 Å². The number of carbonyl (C=O) groups is 1. The van der Waals surface area contributed by atoms with E-state index in [-0.39, 0.29) is 5.91 Å². The molecule has 1 aromatic heterocycles. The molecule has 4 nitrogen and oxygen atoms in total. The molecule has 0 aliphatic carbocycles. The lowest BCUT2D eigenvalue weighted by molar-refractivity contribution is 0.0989. The second-order valence-electron chi connectivity index (χ2n) is 5.38. The Morgan fingerprint density at radius 2 is 2.21 bits per heavy atom. The SMILES string of the molecule is Cc1ccc2c(c1)c(C)c(C(N)=O)n2[C@H]1CCNC1. The third kappa shape index (κ3) is 1.83. The van der Waals surface area contributed by atoms with Crippen molar-refractivity contribution in [2.45, 2.75) is 26.3 Å². The highest BCUT2D eigenvalue weighted by Crippen LogP contribution is 2.31. The van der Waals surface area contributed by atoms with E-state index in [0.717, 1.165) is 36.0 Å². The number of aromatic nitrogens is 1. The van der Waals surface area contributed by atoms with Crippen molar-refractivity contribution in [3.05, 3.63) is 35.0 Å². The molecule has 0 radical (unpaired) electrons. The number of primary amides is 1. The van der Waals surface area contributed by atoms with Crippen LogP contribution in [0.25, 0.3) is 10.9 Å². The van der Waals surface area contributed by atoms with E-state index < -0.39 is 0 Å². The van der Waals surface area contributed by atoms with Crippen LogP contribution in [0.4, 0.5) is 0 Å². The molecule has 19 heavy (non-hydrogen) atoms. The minimum absolute atomic E-state index is 0.321. The van der Waals surface area contributed by atoms with Gasteiger partial charge in [0.1, 0.15) is 5.69 Å². The molecule has 0 unspecified atom stereocenters. The van der Waals surface area contributed by atoms with Gasteiger partial charge in [0, 0.05) is 23.5 Å². The first kappa shape index (κ1) is 12.2. The monoisotopic (exact) mass is 257 g/mol. The van der Waals surface area contributed by atoms with Gasteiger partial charge < -0.3 is 15.6 Å². The van der Waals surface area contributed by atoms with Gasteiger partial charge in [-0.25, -0.2) is 0 Å². The van der Waals surface area contributed by atoms with Crippen molar-refractivity contribution in [2.24, 2.45) is 5.73 Å². The summed E-state index contributed by atoms with van der Waals surface area (Å²) in [6.45, 7) is 5.95. The summed E-state index contributed by atoms with van der Waals surface area (Å²) in [4.78, 5) is 11.8. The Labute approximate surface area is 112 Å². The average molecular weight is 257 g/mol. The largest absolute Gasteiger partial charge is 0.364 e. The van der Waals surface area contributed by atoms with Crippen molar-refractivity contribution in [3.8, 4) is 0 Å². The summed E-state index contributed by atoms with van der Waals surface area (Å²) < 4.78 is 2.13. The smallest absolute Gasteiger partial charge is 0.265 e. The molecule has 1 aliphatic rings. The summed E-state index contributed by atoms with van der Waals surface area (Å²) in [7, 11) is 0. The van der Waals surface area contributed by atoms with Gasteiger partial charge in [-0.15, -0.1) is 0 Å². The molecule has 0 spiro atoms. The highest BCUT2D eigenvalue weighted by molar-refractivity contribution is 6.01. The van der Waals surface area contributed by atoms with Crippen LogP contribution < -0.4 is 11.1 Å². The summed E-state index contributed by atoms with van der Waals surface area (Å²) in [6, 6.07) is 6.64. The van der Waals surface area contributed by atoms with E-state index >= 15 is 0 Å². The van der Waals surface area contributed by atoms with Crippen molar-refractivity contribution in [1.29, 1.82) is 0 Å². The Hall–Kier alpha value is -1.81. The topological polar surface area (TPSA) is 60.1 Å². The van der Waals surface area contributed by atoms with Crippen molar-refractivity contribution >= 4 is 16.8 Å². The van der Waals surface area contributed by atoms with Gasteiger partial charge in [-0.3, -0.25) is 4.79 Å². The summed E-state index contributed by atoms with van der Waals surface area (Å²) in [5.74, 6) is -0.335. The van der Waals surface area contributed by atoms with E-state index in [4.69, 9.17) is 5.73 Å². The summed E-state index contributed by atoms with van der Waals surface area (Å²) in [5, 5.41) is 4.49. The van der Waals surface area contributed by atoms with Gasteiger partial charge in [-0.2, -0.15) is 0 Å². The molecule has 4 heteroatoms. The Morgan fingerprint density at radius 3 is 2.84 bits per heavy atom. The first-order valence-electron chi connectivity index (χ1n) is 6.71. The third-order valence-corrected chi connectivity index (χ3v) is 4.04. The molecule has 0 saturated carbocycles. The molecule has 2 aromatic rings. The quantitative estimate of drug-likeness (QED) is 0.863. The number of hydrogen-bond donors (Lipinski definition) is 2. The fourth-order valence-corrected chi connectivity index (χ4v) is 3.13. The fraction of sp³-hybridized carbons (Fsp3) is 0.400. The van der Waals surface area contributed by atoms with E-state index in [9.17, 15) is 4.79 Å². The summed E-state index contributed by atoms with van der Waals surface area (Å²) in [6.07, 6.45) is 1.04. The summed E-state index contributed by atoms with van der Waals surface area (Å²) >= 11 is 0. The van der Waals surface area contributed by atoms with Crippen LogP contribution >= 0.6 is 0 Å². The highest BCUT2D eigenvalue weighted by Gasteiger charge is 2.25. The molecule has 1 fully saturated rings. The zero-order valence-corrected chi connectivity index (χ0v) is 11.4. The van der Waals surface area contributed by atoms with Gasteiger partial charge in [0.05, 0.1) is 0 Å². The number of nitrogens with zero attached hydrogens (tertiary/aromatic N) is 1. The van der Waals surface area contributed by atoms with Crippen molar-refractivity contribution in [1.82, 2.24) is 9.88 Å². The van der Waals surface area contributed by atoms with Crippen LogP contribution in [0.2, 0.25) is 0 Å². The van der Waals surface area contributed by atoms with Crippen LogP contribution in [0, 0.1) is 13.8 Å². The molecule has 0 bridgehead atoms. The van der Waals surface area contributed by atoms with Gasteiger partial charge in [-0.1, -0.05) is 11.6 Å². The van der Waals surface area contributed by atoms with Gasteiger partial charge in [0.25, 0.3) is 5.91 Å². The number of nitrogens with two attached hydrogens (primary N) is 1. The molecular formula is C15H19N3O. The van der Waals surface area contributed by atoms with E-state index in [1.807, 2.05) is 6.92 Å². The zero-order valence-electron chi connectivity index (χ0n) is 11.4. The molecule has 3 rings (SSSR count). The summed E-state index contributed by atoms with van der Waals surface area (Å²) in [5.41, 5.74) is 9.58. The lowest BCUT2D eigenvalue weighted by Crippen LogP contribution is -2.22. The number of fused-ring (bicyclic) bond motifs is 1. The van der Waals surface area contributed by atoms with E-state index in [1.54, 1.807) is 0 Å². The Morgan fingerprint density at radius 1 is 1.42 bits per heavy atom. The normalized spacial score (nSPS) is 19.2. The first-order chi connectivity index (χ1) is 9.09. The molecule has 1 atom stereocenters. The number of benzene rings is 1. The van der Waals surface area contributed by atoms with Crippen molar-refractivity contribution in [2.75, 3.05) is 13.1 Å². The Balaban J connectivity index is 2.33. The standard InChI is InChI=1S/C15H19N3O/c1-9-3-4-13-12(7-9)10(2)14(15(16)19)18(13)11-5-6-17-8-11/h3-4,7,11,17H,5-6,8H2,1-2H3,(H2,16,19)/t11-/m0/s1.